The van der Waals surface area contributed by atoms with Crippen molar-refractivity contribution >= 4 is 75.8 Å². The predicted molar refractivity (Wildman–Crippen MR) is 268 cm³/mol. The van der Waals surface area contributed by atoms with E-state index in [0.717, 1.165) is 33.1 Å². The highest BCUT2D eigenvalue weighted by molar-refractivity contribution is 6.27. The Bertz CT molecular complexity index is 3890. The van der Waals surface area contributed by atoms with Crippen molar-refractivity contribution in [3.8, 4) is 55.6 Å². The van der Waals surface area contributed by atoms with Gasteiger partial charge in [-0.05, 0) is 122 Å². The number of hydrogen-bond donors (Lipinski definition) is 0. The third kappa shape index (κ3) is 5.57. The summed E-state index contributed by atoms with van der Waals surface area (Å²) in [6.07, 6.45) is 0. The lowest BCUT2D eigenvalue weighted by Gasteiger charge is -2.20. The molecule has 0 aliphatic rings. The summed E-state index contributed by atoms with van der Waals surface area (Å²) in [7, 11) is 0. The van der Waals surface area contributed by atoms with Crippen LogP contribution in [-0.2, 0) is 0 Å². The lowest BCUT2D eigenvalue weighted by atomic mass is 9.83. The molecule has 1 heterocycles. The van der Waals surface area contributed by atoms with Crippen LogP contribution in [0.15, 0.2) is 235 Å². The van der Waals surface area contributed by atoms with Gasteiger partial charge in [-0.1, -0.05) is 212 Å². The van der Waals surface area contributed by atoms with Crippen molar-refractivity contribution in [2.75, 3.05) is 0 Å². The van der Waals surface area contributed by atoms with Crippen LogP contribution in [0, 0.1) is 0 Å². The lowest BCUT2D eigenvalue weighted by Crippen LogP contribution is -1.92. The second-order valence-electron chi connectivity index (χ2n) is 16.7. The highest BCUT2D eigenvalue weighted by atomic mass is 16.3. The van der Waals surface area contributed by atoms with E-state index in [-0.39, 0.29) is 0 Å². The van der Waals surface area contributed by atoms with E-state index in [4.69, 9.17) is 4.42 Å². The summed E-state index contributed by atoms with van der Waals surface area (Å²) >= 11 is 0. The van der Waals surface area contributed by atoms with Gasteiger partial charge in [0, 0.05) is 16.3 Å². The summed E-state index contributed by atoms with van der Waals surface area (Å²) in [4.78, 5) is 0. The van der Waals surface area contributed by atoms with Gasteiger partial charge >= 0.3 is 0 Å². The molecule has 292 valence electrons. The van der Waals surface area contributed by atoms with Crippen molar-refractivity contribution in [2.24, 2.45) is 0 Å². The molecule has 0 N–H and O–H groups in total. The largest absolute Gasteiger partial charge is 0.455 e. The smallest absolute Gasteiger partial charge is 0.143 e. The first-order valence-electron chi connectivity index (χ1n) is 21.7. The van der Waals surface area contributed by atoms with Gasteiger partial charge in [-0.25, -0.2) is 0 Å². The Morgan fingerprint density at radius 2 is 0.651 bits per heavy atom. The summed E-state index contributed by atoms with van der Waals surface area (Å²) in [6, 6.07) is 84.3. The van der Waals surface area contributed by atoms with Gasteiger partial charge in [-0.3, -0.25) is 0 Å². The Kier molecular flexibility index (Phi) is 7.98. The van der Waals surface area contributed by atoms with Gasteiger partial charge in [0.05, 0.1) is 0 Å². The zero-order chi connectivity index (χ0) is 41.4. The standard InChI is InChI=1S/C62H38O/c1-2-15-39(16-3-1)40-31-33-41(34-32-40)60-52-22-6-8-24-54(52)61(55-25-9-7-23-53(55)60)51-28-14-27-47-48(51)35-36-49-45-19-4-5-20-46(45)57(38-58(47)49)43-18-12-17-42(37-43)44-26-13-29-56-50-21-10-11-30-59(50)63-62(44)56/h1-38H. The summed E-state index contributed by atoms with van der Waals surface area (Å²) < 4.78 is 6.51. The van der Waals surface area contributed by atoms with Crippen LogP contribution >= 0.6 is 0 Å². The molecule has 1 nitrogen and oxygen atoms in total. The Hall–Kier alpha value is -8.26. The normalized spacial score (nSPS) is 11.8. The quantitative estimate of drug-likeness (QED) is 0.125. The van der Waals surface area contributed by atoms with E-state index in [9.17, 15) is 0 Å². The number of hydrogen-bond acceptors (Lipinski definition) is 1. The summed E-state index contributed by atoms with van der Waals surface area (Å²) in [5, 5.41) is 14.8. The van der Waals surface area contributed by atoms with Crippen molar-refractivity contribution in [1.82, 2.24) is 0 Å². The van der Waals surface area contributed by atoms with E-state index in [1.54, 1.807) is 0 Å². The van der Waals surface area contributed by atoms with E-state index in [1.807, 2.05) is 6.07 Å². The van der Waals surface area contributed by atoms with Crippen molar-refractivity contribution in [1.29, 1.82) is 0 Å². The van der Waals surface area contributed by atoms with Crippen LogP contribution in [0.4, 0.5) is 0 Å². The maximum atomic E-state index is 6.51. The molecule has 1 aromatic heterocycles. The second-order valence-corrected chi connectivity index (χ2v) is 16.7. The summed E-state index contributed by atoms with van der Waals surface area (Å²) in [5.74, 6) is 0. The molecule has 1 heteroatoms. The molecular formula is C62H38O. The molecule has 0 aliphatic heterocycles. The van der Waals surface area contributed by atoms with E-state index in [0.29, 0.717) is 0 Å². The second kappa shape index (κ2) is 14.2. The van der Waals surface area contributed by atoms with Crippen molar-refractivity contribution in [3.63, 3.8) is 0 Å². The molecule has 13 rings (SSSR count). The Morgan fingerprint density at radius 1 is 0.206 bits per heavy atom. The summed E-state index contributed by atoms with van der Waals surface area (Å²) in [5.41, 5.74) is 13.9. The fourth-order valence-corrected chi connectivity index (χ4v) is 10.4. The van der Waals surface area contributed by atoms with Crippen LogP contribution in [0.3, 0.4) is 0 Å². The first-order chi connectivity index (χ1) is 31.3. The van der Waals surface area contributed by atoms with Crippen LogP contribution in [0.25, 0.3) is 131 Å². The van der Waals surface area contributed by atoms with Crippen LogP contribution in [0.2, 0.25) is 0 Å². The van der Waals surface area contributed by atoms with Gasteiger partial charge in [-0.2, -0.15) is 0 Å². The molecule has 0 saturated heterocycles. The molecule has 0 radical (unpaired) electrons. The van der Waals surface area contributed by atoms with Gasteiger partial charge in [-0.15, -0.1) is 0 Å². The molecule has 0 unspecified atom stereocenters. The SMILES string of the molecule is c1ccc(-c2ccc(-c3c4ccccc4c(-c4cccc5c4ccc4c6ccccc6c(-c6cccc(-c7cccc8c7oc7ccccc78)c6)cc54)c4ccccc34)cc2)cc1. The highest BCUT2D eigenvalue weighted by Crippen LogP contribution is 2.47. The first kappa shape index (κ1) is 35.5. The van der Waals surface area contributed by atoms with Crippen LogP contribution in [0.5, 0.6) is 0 Å². The monoisotopic (exact) mass is 798 g/mol. The molecule has 63 heavy (non-hydrogen) atoms. The molecule has 0 spiro atoms. The van der Waals surface area contributed by atoms with E-state index in [1.165, 1.54) is 98.4 Å². The Labute approximate surface area is 364 Å². The van der Waals surface area contributed by atoms with Crippen molar-refractivity contribution in [2.45, 2.75) is 0 Å². The maximum Gasteiger partial charge on any atom is 0.143 e. The number of furan rings is 1. The first-order valence-corrected chi connectivity index (χ1v) is 21.7. The minimum Gasteiger partial charge on any atom is -0.455 e. The average molecular weight is 799 g/mol. The molecule has 0 atom stereocenters. The van der Waals surface area contributed by atoms with Gasteiger partial charge in [0.2, 0.25) is 0 Å². The number of rotatable bonds is 5. The Balaban J connectivity index is 1.01. The third-order valence-electron chi connectivity index (χ3n) is 13.3. The average Bonchev–Trinajstić information content (AvgIpc) is 3.74. The molecule has 13 aromatic rings. The molecule has 0 bridgehead atoms. The van der Waals surface area contributed by atoms with Crippen LogP contribution in [-0.4, -0.2) is 0 Å². The molecular weight excluding hydrogens is 761 g/mol. The lowest BCUT2D eigenvalue weighted by molar-refractivity contribution is 0.670. The van der Waals surface area contributed by atoms with Crippen molar-refractivity contribution < 1.29 is 4.42 Å². The number of fused-ring (bicyclic) bond motifs is 10. The molecule has 12 aromatic carbocycles. The summed E-state index contributed by atoms with van der Waals surface area (Å²) in [6.45, 7) is 0. The van der Waals surface area contributed by atoms with Crippen LogP contribution in [0.1, 0.15) is 0 Å². The maximum absolute atomic E-state index is 6.51. The fraction of sp³-hybridized carbons (Fsp3) is 0. The molecule has 0 aliphatic carbocycles. The van der Waals surface area contributed by atoms with Crippen molar-refractivity contribution in [3.05, 3.63) is 231 Å². The fourth-order valence-electron chi connectivity index (χ4n) is 10.4. The van der Waals surface area contributed by atoms with E-state index >= 15 is 0 Å². The minimum absolute atomic E-state index is 0.911. The topological polar surface area (TPSA) is 13.1 Å². The minimum atomic E-state index is 0.911. The third-order valence-corrected chi connectivity index (χ3v) is 13.3. The zero-order valence-corrected chi connectivity index (χ0v) is 34.3. The molecule has 0 saturated carbocycles. The van der Waals surface area contributed by atoms with Gasteiger partial charge in [0.15, 0.2) is 0 Å². The zero-order valence-electron chi connectivity index (χ0n) is 34.3. The highest BCUT2D eigenvalue weighted by Gasteiger charge is 2.20. The number of benzene rings is 12. The van der Waals surface area contributed by atoms with E-state index in [2.05, 4.69) is 224 Å². The van der Waals surface area contributed by atoms with Gasteiger partial charge in [0.25, 0.3) is 0 Å². The van der Waals surface area contributed by atoms with Gasteiger partial charge in [0.1, 0.15) is 11.2 Å². The van der Waals surface area contributed by atoms with Crippen LogP contribution < -0.4 is 0 Å². The van der Waals surface area contributed by atoms with E-state index < -0.39 is 0 Å². The van der Waals surface area contributed by atoms with Gasteiger partial charge < -0.3 is 4.42 Å². The molecule has 0 amide bonds. The Morgan fingerprint density at radius 3 is 1.38 bits per heavy atom. The molecule has 0 fully saturated rings. The number of para-hydroxylation sites is 2. The predicted octanol–water partition coefficient (Wildman–Crippen LogP) is 17.7.